The smallest absolute Gasteiger partial charge is 0.102 e. The zero-order valence-corrected chi connectivity index (χ0v) is 9.63. The highest BCUT2D eigenvalue weighted by atomic mass is 16.3. The highest BCUT2D eigenvalue weighted by Crippen LogP contribution is 2.33. The van der Waals surface area contributed by atoms with Gasteiger partial charge in [-0.2, -0.15) is 0 Å². The van der Waals surface area contributed by atoms with E-state index in [1.165, 1.54) is 0 Å². The van der Waals surface area contributed by atoms with Gasteiger partial charge in [0, 0.05) is 17.1 Å². The summed E-state index contributed by atoms with van der Waals surface area (Å²) in [5, 5.41) is 11.5. The molecular weight excluding hydrogens is 210 g/mol. The Bertz CT molecular complexity index is 569. The second-order valence-corrected chi connectivity index (χ2v) is 4.50. The van der Waals surface area contributed by atoms with E-state index in [1.54, 1.807) is 6.20 Å². The number of aromatic nitrogens is 1. The number of benzene rings is 1. The quantitative estimate of drug-likeness (QED) is 0.795. The van der Waals surface area contributed by atoms with Gasteiger partial charge in [0.25, 0.3) is 0 Å². The van der Waals surface area contributed by atoms with E-state index in [4.69, 9.17) is 0 Å². The summed E-state index contributed by atoms with van der Waals surface area (Å²) in [7, 11) is 0. The maximum absolute atomic E-state index is 10.4. The number of rotatable bonds is 2. The molecule has 2 nitrogen and oxygen atoms in total. The van der Waals surface area contributed by atoms with E-state index in [1.807, 2.05) is 30.3 Å². The molecule has 0 radical (unpaired) electrons. The van der Waals surface area contributed by atoms with Crippen LogP contribution in [0.2, 0.25) is 0 Å². The standard InChI is InChI=1S/C15H15NO/c17-15(12-5-1-2-6-12)13-9-3-7-11-8-4-10-16-14(11)13/h3-5,7-10,15,17H,1-2,6H2. The van der Waals surface area contributed by atoms with Gasteiger partial charge in [0.15, 0.2) is 0 Å². The van der Waals surface area contributed by atoms with Gasteiger partial charge in [0.05, 0.1) is 5.52 Å². The van der Waals surface area contributed by atoms with Crippen LogP contribution in [0.3, 0.4) is 0 Å². The first-order valence-corrected chi connectivity index (χ1v) is 6.07. The number of hydrogen-bond donors (Lipinski definition) is 1. The van der Waals surface area contributed by atoms with Crippen LogP contribution in [0, 0.1) is 0 Å². The molecule has 1 aliphatic carbocycles. The highest BCUT2D eigenvalue weighted by molar-refractivity contribution is 5.82. The summed E-state index contributed by atoms with van der Waals surface area (Å²) in [6, 6.07) is 9.94. The average molecular weight is 225 g/mol. The molecule has 1 aromatic carbocycles. The number of pyridine rings is 1. The van der Waals surface area contributed by atoms with Gasteiger partial charge in [-0.3, -0.25) is 4.98 Å². The Morgan fingerprint density at radius 1 is 1.18 bits per heavy atom. The van der Waals surface area contributed by atoms with E-state index >= 15 is 0 Å². The Labute approximate surface area is 101 Å². The van der Waals surface area contributed by atoms with Crippen LogP contribution >= 0.6 is 0 Å². The molecule has 2 heteroatoms. The van der Waals surface area contributed by atoms with Crippen LogP contribution in [0.15, 0.2) is 48.2 Å². The summed E-state index contributed by atoms with van der Waals surface area (Å²) >= 11 is 0. The van der Waals surface area contributed by atoms with Crippen molar-refractivity contribution in [2.45, 2.75) is 25.4 Å². The minimum Gasteiger partial charge on any atom is -0.384 e. The van der Waals surface area contributed by atoms with Crippen molar-refractivity contribution in [3.63, 3.8) is 0 Å². The lowest BCUT2D eigenvalue weighted by molar-refractivity contribution is 0.214. The second kappa shape index (κ2) is 4.30. The molecule has 2 aromatic rings. The molecule has 3 rings (SSSR count). The Morgan fingerprint density at radius 3 is 2.88 bits per heavy atom. The third kappa shape index (κ3) is 1.85. The minimum atomic E-state index is -0.490. The van der Waals surface area contributed by atoms with E-state index < -0.39 is 6.10 Å². The first kappa shape index (κ1) is 10.5. The van der Waals surface area contributed by atoms with Gasteiger partial charge in [-0.25, -0.2) is 0 Å². The van der Waals surface area contributed by atoms with E-state index in [0.29, 0.717) is 0 Å². The first-order valence-electron chi connectivity index (χ1n) is 6.07. The van der Waals surface area contributed by atoms with Crippen molar-refractivity contribution in [3.8, 4) is 0 Å². The van der Waals surface area contributed by atoms with Gasteiger partial charge in [-0.05, 0) is 30.9 Å². The molecule has 0 saturated carbocycles. The lowest BCUT2D eigenvalue weighted by Crippen LogP contribution is -2.01. The molecular formula is C15H15NO. The Kier molecular flexibility index (Phi) is 2.65. The van der Waals surface area contributed by atoms with Crippen LogP contribution in [-0.4, -0.2) is 10.1 Å². The summed E-state index contributed by atoms with van der Waals surface area (Å²) in [6.07, 6.45) is 6.70. The Balaban J connectivity index is 2.10. The van der Waals surface area contributed by atoms with Crippen molar-refractivity contribution in [1.29, 1.82) is 0 Å². The number of allylic oxidation sites excluding steroid dienone is 1. The van der Waals surface area contributed by atoms with Crippen LogP contribution in [0.4, 0.5) is 0 Å². The van der Waals surface area contributed by atoms with E-state index in [-0.39, 0.29) is 0 Å². The average Bonchev–Trinajstić information content (AvgIpc) is 2.91. The number of para-hydroxylation sites is 1. The fourth-order valence-electron chi connectivity index (χ4n) is 2.49. The molecule has 1 aromatic heterocycles. The van der Waals surface area contributed by atoms with Crippen molar-refractivity contribution < 1.29 is 5.11 Å². The molecule has 1 heterocycles. The molecule has 1 atom stereocenters. The van der Waals surface area contributed by atoms with Gasteiger partial charge in [-0.15, -0.1) is 0 Å². The van der Waals surface area contributed by atoms with Crippen molar-refractivity contribution in [2.75, 3.05) is 0 Å². The van der Waals surface area contributed by atoms with E-state index in [0.717, 1.165) is 41.3 Å². The third-order valence-electron chi connectivity index (χ3n) is 3.39. The number of aliphatic hydroxyl groups is 1. The number of fused-ring (bicyclic) bond motifs is 1. The van der Waals surface area contributed by atoms with Crippen LogP contribution in [0.1, 0.15) is 30.9 Å². The monoisotopic (exact) mass is 225 g/mol. The van der Waals surface area contributed by atoms with Gasteiger partial charge in [-0.1, -0.05) is 30.3 Å². The summed E-state index contributed by atoms with van der Waals surface area (Å²) in [5.41, 5.74) is 2.98. The SMILES string of the molecule is OC(C1=CCCC1)c1cccc2cccnc12. The molecule has 1 unspecified atom stereocenters. The zero-order valence-electron chi connectivity index (χ0n) is 9.63. The fourth-order valence-corrected chi connectivity index (χ4v) is 2.49. The Hall–Kier alpha value is -1.67. The van der Waals surface area contributed by atoms with Crippen molar-refractivity contribution in [3.05, 3.63) is 53.7 Å². The van der Waals surface area contributed by atoms with Crippen molar-refractivity contribution in [1.82, 2.24) is 4.98 Å². The Morgan fingerprint density at radius 2 is 2.06 bits per heavy atom. The molecule has 1 aliphatic rings. The number of hydrogen-bond acceptors (Lipinski definition) is 2. The van der Waals surface area contributed by atoms with Crippen LogP contribution in [-0.2, 0) is 0 Å². The topological polar surface area (TPSA) is 33.1 Å². The molecule has 17 heavy (non-hydrogen) atoms. The lowest BCUT2D eigenvalue weighted by atomic mass is 9.98. The summed E-state index contributed by atoms with van der Waals surface area (Å²) < 4.78 is 0. The zero-order chi connectivity index (χ0) is 11.7. The maximum atomic E-state index is 10.4. The first-order chi connectivity index (χ1) is 8.36. The molecule has 0 aliphatic heterocycles. The largest absolute Gasteiger partial charge is 0.384 e. The van der Waals surface area contributed by atoms with Gasteiger partial charge in [0.1, 0.15) is 6.10 Å². The lowest BCUT2D eigenvalue weighted by Gasteiger charge is -2.14. The van der Waals surface area contributed by atoms with E-state index in [2.05, 4.69) is 11.1 Å². The van der Waals surface area contributed by atoms with Crippen LogP contribution < -0.4 is 0 Å². The van der Waals surface area contributed by atoms with Crippen molar-refractivity contribution in [2.24, 2.45) is 0 Å². The van der Waals surface area contributed by atoms with Crippen molar-refractivity contribution >= 4 is 10.9 Å². The third-order valence-corrected chi connectivity index (χ3v) is 3.39. The van der Waals surface area contributed by atoms with Gasteiger partial charge < -0.3 is 5.11 Å². The number of aliphatic hydroxyl groups excluding tert-OH is 1. The van der Waals surface area contributed by atoms with Crippen LogP contribution in [0.25, 0.3) is 10.9 Å². The molecule has 86 valence electrons. The molecule has 0 fully saturated rings. The van der Waals surface area contributed by atoms with Gasteiger partial charge in [0.2, 0.25) is 0 Å². The highest BCUT2D eigenvalue weighted by Gasteiger charge is 2.18. The summed E-state index contributed by atoms with van der Waals surface area (Å²) in [4.78, 5) is 4.39. The molecule has 0 bridgehead atoms. The minimum absolute atomic E-state index is 0.490. The second-order valence-electron chi connectivity index (χ2n) is 4.50. The fraction of sp³-hybridized carbons (Fsp3) is 0.267. The van der Waals surface area contributed by atoms with Gasteiger partial charge >= 0.3 is 0 Å². The summed E-state index contributed by atoms with van der Waals surface area (Å²) in [6.45, 7) is 0. The van der Waals surface area contributed by atoms with Crippen LogP contribution in [0.5, 0.6) is 0 Å². The summed E-state index contributed by atoms with van der Waals surface area (Å²) in [5.74, 6) is 0. The maximum Gasteiger partial charge on any atom is 0.102 e. The predicted molar refractivity (Wildman–Crippen MR) is 68.6 cm³/mol. The normalized spacial score (nSPS) is 17.1. The predicted octanol–water partition coefficient (Wildman–Crippen LogP) is 3.38. The molecule has 1 N–H and O–H groups in total. The molecule has 0 saturated heterocycles. The van der Waals surface area contributed by atoms with E-state index in [9.17, 15) is 5.11 Å². The molecule has 0 amide bonds. The molecule has 0 spiro atoms. The number of nitrogens with zero attached hydrogens (tertiary/aromatic N) is 1.